The van der Waals surface area contributed by atoms with Crippen LogP contribution >= 0.6 is 24.0 Å². The Balaban J connectivity index is 0.00000144. The first-order valence-corrected chi connectivity index (χ1v) is 5.22. The molecule has 2 N–H and O–H groups in total. The van der Waals surface area contributed by atoms with Crippen LogP contribution in [0.15, 0.2) is 59.6 Å². The van der Waals surface area contributed by atoms with Gasteiger partial charge in [-0.2, -0.15) is 0 Å². The molecule has 0 saturated carbocycles. The van der Waals surface area contributed by atoms with Gasteiger partial charge in [-0.25, -0.2) is 4.99 Å². The molecule has 0 aliphatic rings. The van der Waals surface area contributed by atoms with Crippen molar-refractivity contribution in [1.82, 2.24) is 0 Å². The fourth-order valence-corrected chi connectivity index (χ4v) is 1.43. The lowest BCUT2D eigenvalue weighted by atomic mass is 10.2. The van der Waals surface area contributed by atoms with Crippen LogP contribution in [0.2, 0.25) is 0 Å². The molecule has 0 atom stereocenters. The molecule has 0 fully saturated rings. The summed E-state index contributed by atoms with van der Waals surface area (Å²) in [6.07, 6.45) is 0. The Labute approximate surface area is 119 Å². The third-order valence-corrected chi connectivity index (χ3v) is 2.35. The number of hydrogen-bond acceptors (Lipinski definition) is 1. The molecule has 0 spiro atoms. The van der Waals surface area contributed by atoms with Gasteiger partial charge >= 0.3 is 0 Å². The Morgan fingerprint density at radius 1 is 0.941 bits per heavy atom. The Kier molecular flexibility index (Phi) is 5.15. The molecular weight excluding hydrogens is 323 g/mol. The molecule has 0 aliphatic heterocycles. The number of hydrogen-bond donors (Lipinski definition) is 1. The van der Waals surface area contributed by atoms with Crippen LogP contribution in [-0.2, 0) is 0 Å². The molecule has 0 bridgehead atoms. The first kappa shape index (κ1) is 13.7. The number of rotatable bonds is 2. The molecular formula is C14H15IN2. The van der Waals surface area contributed by atoms with Crippen LogP contribution in [0.25, 0.3) is 0 Å². The third-order valence-electron chi connectivity index (χ3n) is 2.35. The van der Waals surface area contributed by atoms with E-state index >= 15 is 0 Å². The summed E-state index contributed by atoms with van der Waals surface area (Å²) < 4.78 is 0. The molecule has 3 heteroatoms. The standard InChI is InChI=1S/C14H14N2.HI/c1-11-7-9-13(10-8-11)16-14(15)12-5-3-2-4-6-12;/h2-10H,1H3,(H2,15,16);1H. The Hall–Kier alpha value is -1.36. The van der Waals surface area contributed by atoms with Crippen molar-refractivity contribution in [2.24, 2.45) is 10.7 Å². The summed E-state index contributed by atoms with van der Waals surface area (Å²) in [5, 5.41) is 0. The number of nitrogens with two attached hydrogens (primary N) is 1. The average molecular weight is 338 g/mol. The summed E-state index contributed by atoms with van der Waals surface area (Å²) in [6, 6.07) is 17.7. The van der Waals surface area contributed by atoms with Gasteiger partial charge in [0.15, 0.2) is 0 Å². The smallest absolute Gasteiger partial charge is 0.131 e. The Morgan fingerprint density at radius 3 is 2.12 bits per heavy atom. The van der Waals surface area contributed by atoms with Gasteiger partial charge in [0.25, 0.3) is 0 Å². The second-order valence-electron chi connectivity index (χ2n) is 3.70. The number of aliphatic imine (C=N–C) groups is 1. The van der Waals surface area contributed by atoms with Gasteiger partial charge in [-0.15, -0.1) is 24.0 Å². The Morgan fingerprint density at radius 2 is 1.53 bits per heavy atom. The number of halogens is 1. The second kappa shape index (κ2) is 6.39. The van der Waals surface area contributed by atoms with E-state index in [9.17, 15) is 0 Å². The first-order valence-electron chi connectivity index (χ1n) is 5.22. The highest BCUT2D eigenvalue weighted by Gasteiger charge is 1.96. The zero-order valence-electron chi connectivity index (χ0n) is 9.63. The van der Waals surface area contributed by atoms with Crippen molar-refractivity contribution in [1.29, 1.82) is 0 Å². The molecule has 2 aromatic rings. The van der Waals surface area contributed by atoms with Crippen LogP contribution in [0.4, 0.5) is 5.69 Å². The maximum Gasteiger partial charge on any atom is 0.131 e. The maximum atomic E-state index is 5.92. The van der Waals surface area contributed by atoms with Crippen LogP contribution in [-0.4, -0.2) is 5.84 Å². The highest BCUT2D eigenvalue weighted by molar-refractivity contribution is 14.0. The maximum absolute atomic E-state index is 5.92. The summed E-state index contributed by atoms with van der Waals surface area (Å²) in [7, 11) is 0. The molecule has 0 heterocycles. The molecule has 88 valence electrons. The monoisotopic (exact) mass is 338 g/mol. The van der Waals surface area contributed by atoms with Gasteiger partial charge in [-0.1, -0.05) is 48.0 Å². The summed E-state index contributed by atoms with van der Waals surface area (Å²) >= 11 is 0. The molecule has 0 aromatic heterocycles. The normalized spacial score (nSPS) is 10.8. The molecule has 0 saturated heterocycles. The van der Waals surface area contributed by atoms with Crippen molar-refractivity contribution in [2.45, 2.75) is 6.92 Å². The van der Waals surface area contributed by atoms with Gasteiger partial charge in [0, 0.05) is 5.56 Å². The van der Waals surface area contributed by atoms with Crippen molar-refractivity contribution in [3.8, 4) is 0 Å². The van der Waals surface area contributed by atoms with Crippen LogP contribution in [0.3, 0.4) is 0 Å². The first-order chi connectivity index (χ1) is 7.75. The minimum atomic E-state index is 0. The summed E-state index contributed by atoms with van der Waals surface area (Å²) in [5.41, 5.74) is 8.96. The van der Waals surface area contributed by atoms with Gasteiger partial charge in [0.05, 0.1) is 5.69 Å². The highest BCUT2D eigenvalue weighted by atomic mass is 127. The van der Waals surface area contributed by atoms with Crippen molar-refractivity contribution >= 4 is 35.5 Å². The summed E-state index contributed by atoms with van der Waals surface area (Å²) in [4.78, 5) is 4.36. The molecule has 2 aromatic carbocycles. The van der Waals surface area contributed by atoms with Crippen LogP contribution in [0.5, 0.6) is 0 Å². The molecule has 2 nitrogen and oxygen atoms in total. The van der Waals surface area contributed by atoms with Crippen LogP contribution in [0, 0.1) is 6.92 Å². The van der Waals surface area contributed by atoms with Gasteiger partial charge in [0.1, 0.15) is 5.84 Å². The van der Waals surface area contributed by atoms with Crippen molar-refractivity contribution in [2.75, 3.05) is 0 Å². The van der Waals surface area contributed by atoms with Gasteiger partial charge < -0.3 is 5.73 Å². The van der Waals surface area contributed by atoms with Crippen LogP contribution in [0.1, 0.15) is 11.1 Å². The van der Waals surface area contributed by atoms with E-state index in [-0.39, 0.29) is 24.0 Å². The van der Waals surface area contributed by atoms with Crippen LogP contribution < -0.4 is 5.73 Å². The number of amidine groups is 1. The van der Waals surface area contributed by atoms with E-state index in [0.29, 0.717) is 5.84 Å². The fraction of sp³-hybridized carbons (Fsp3) is 0.0714. The van der Waals surface area contributed by atoms with E-state index in [4.69, 9.17) is 5.73 Å². The predicted octanol–water partition coefficient (Wildman–Crippen LogP) is 3.65. The predicted molar refractivity (Wildman–Crippen MR) is 83.4 cm³/mol. The summed E-state index contributed by atoms with van der Waals surface area (Å²) in [5.74, 6) is 0.546. The number of nitrogens with zero attached hydrogens (tertiary/aromatic N) is 1. The molecule has 0 amide bonds. The zero-order chi connectivity index (χ0) is 11.4. The van der Waals surface area contributed by atoms with Gasteiger partial charge in [-0.3, -0.25) is 0 Å². The Bertz CT molecular complexity index is 489. The molecule has 0 unspecified atom stereocenters. The lowest BCUT2D eigenvalue weighted by molar-refractivity contribution is 1.41. The van der Waals surface area contributed by atoms with E-state index in [1.165, 1.54) is 5.56 Å². The molecule has 0 aliphatic carbocycles. The van der Waals surface area contributed by atoms with E-state index in [1.54, 1.807) is 0 Å². The lowest BCUT2D eigenvalue weighted by Gasteiger charge is -2.00. The molecule has 17 heavy (non-hydrogen) atoms. The van der Waals surface area contributed by atoms with E-state index < -0.39 is 0 Å². The lowest BCUT2D eigenvalue weighted by Crippen LogP contribution is -2.12. The average Bonchev–Trinajstić information content (AvgIpc) is 2.33. The van der Waals surface area contributed by atoms with E-state index in [1.807, 2.05) is 61.5 Å². The van der Waals surface area contributed by atoms with Crippen molar-refractivity contribution in [3.63, 3.8) is 0 Å². The van der Waals surface area contributed by atoms with Crippen molar-refractivity contribution in [3.05, 3.63) is 65.7 Å². The third kappa shape index (κ3) is 3.85. The number of benzene rings is 2. The zero-order valence-corrected chi connectivity index (χ0v) is 12.0. The second-order valence-corrected chi connectivity index (χ2v) is 3.70. The molecule has 2 rings (SSSR count). The minimum Gasteiger partial charge on any atom is -0.383 e. The highest BCUT2D eigenvalue weighted by Crippen LogP contribution is 2.13. The molecule has 0 radical (unpaired) electrons. The van der Waals surface area contributed by atoms with Gasteiger partial charge in [0.2, 0.25) is 0 Å². The number of aryl methyl sites for hydroxylation is 1. The topological polar surface area (TPSA) is 38.4 Å². The van der Waals surface area contributed by atoms with E-state index in [2.05, 4.69) is 4.99 Å². The summed E-state index contributed by atoms with van der Waals surface area (Å²) in [6.45, 7) is 2.05. The SMILES string of the molecule is Cc1ccc(N=C(N)c2ccccc2)cc1.I. The quantitative estimate of drug-likeness (QED) is 0.507. The minimum absolute atomic E-state index is 0. The van der Waals surface area contributed by atoms with Crippen molar-refractivity contribution < 1.29 is 0 Å². The van der Waals surface area contributed by atoms with E-state index in [0.717, 1.165) is 11.3 Å². The largest absolute Gasteiger partial charge is 0.383 e. The van der Waals surface area contributed by atoms with Gasteiger partial charge in [-0.05, 0) is 19.1 Å². The fourth-order valence-electron chi connectivity index (χ4n) is 1.43.